The predicted molar refractivity (Wildman–Crippen MR) is 95.5 cm³/mol. The van der Waals surface area contributed by atoms with Gasteiger partial charge in [0.15, 0.2) is 0 Å². The van der Waals surface area contributed by atoms with Crippen molar-refractivity contribution in [3.63, 3.8) is 0 Å². The third kappa shape index (κ3) is 4.39. The van der Waals surface area contributed by atoms with Gasteiger partial charge in [-0.05, 0) is 38.0 Å². The molecular formula is C19H18F2N2OS. The highest BCUT2D eigenvalue weighted by Gasteiger charge is 2.14. The number of carbonyl (C=O) groups is 1. The Bertz CT molecular complexity index is 861. The van der Waals surface area contributed by atoms with Crippen molar-refractivity contribution in [2.24, 2.45) is 0 Å². The molecule has 25 heavy (non-hydrogen) atoms. The Kier molecular flexibility index (Phi) is 5.38. The highest BCUT2D eigenvalue weighted by molar-refractivity contribution is 7.18. The van der Waals surface area contributed by atoms with E-state index in [9.17, 15) is 13.6 Å². The summed E-state index contributed by atoms with van der Waals surface area (Å²) in [5, 5.41) is 3.76. The fourth-order valence-electron chi connectivity index (χ4n) is 2.67. The lowest BCUT2D eigenvalue weighted by atomic mass is 10.1. The zero-order chi connectivity index (χ0) is 17.8. The second-order valence-electron chi connectivity index (χ2n) is 5.88. The maximum Gasteiger partial charge on any atom is 0.220 e. The Labute approximate surface area is 148 Å². The Balaban J connectivity index is 1.50. The number of halogens is 2. The molecule has 1 unspecified atom stereocenters. The maximum atomic E-state index is 13.7. The van der Waals surface area contributed by atoms with Crippen LogP contribution < -0.4 is 5.32 Å². The van der Waals surface area contributed by atoms with Crippen LogP contribution >= 0.6 is 11.3 Å². The number of benzene rings is 2. The highest BCUT2D eigenvalue weighted by atomic mass is 32.1. The van der Waals surface area contributed by atoms with E-state index in [1.807, 2.05) is 24.3 Å². The fraction of sp³-hybridized carbons (Fsp3) is 0.263. The zero-order valence-electron chi connectivity index (χ0n) is 13.8. The molecule has 3 aromatic rings. The number of carbonyl (C=O) groups excluding carboxylic acids is 1. The summed E-state index contributed by atoms with van der Waals surface area (Å²) in [4.78, 5) is 16.6. The van der Waals surface area contributed by atoms with Crippen LogP contribution in [0.15, 0.2) is 42.5 Å². The third-order valence-corrected chi connectivity index (χ3v) is 5.04. The van der Waals surface area contributed by atoms with Crippen LogP contribution in [0.4, 0.5) is 8.78 Å². The topological polar surface area (TPSA) is 42.0 Å². The molecule has 3 rings (SSSR count). The van der Waals surface area contributed by atoms with E-state index in [0.29, 0.717) is 12.8 Å². The molecule has 0 aliphatic heterocycles. The quantitative estimate of drug-likeness (QED) is 0.688. The van der Waals surface area contributed by atoms with E-state index in [-0.39, 0.29) is 11.5 Å². The van der Waals surface area contributed by atoms with E-state index >= 15 is 0 Å². The first-order valence-electron chi connectivity index (χ1n) is 8.11. The lowest BCUT2D eigenvalue weighted by molar-refractivity contribution is -0.121. The number of amides is 1. The second-order valence-corrected chi connectivity index (χ2v) is 7.00. The smallest absolute Gasteiger partial charge is 0.220 e. The van der Waals surface area contributed by atoms with E-state index in [1.165, 1.54) is 12.1 Å². The van der Waals surface area contributed by atoms with Gasteiger partial charge in [0.1, 0.15) is 11.6 Å². The van der Waals surface area contributed by atoms with Crippen LogP contribution in [-0.4, -0.2) is 10.9 Å². The van der Waals surface area contributed by atoms with Crippen molar-refractivity contribution in [2.45, 2.75) is 32.2 Å². The molecule has 0 spiro atoms. The number of hydrogen-bond donors (Lipinski definition) is 1. The summed E-state index contributed by atoms with van der Waals surface area (Å²) in [5.41, 5.74) is 1.26. The van der Waals surface area contributed by atoms with Crippen LogP contribution in [-0.2, 0) is 11.2 Å². The van der Waals surface area contributed by atoms with Gasteiger partial charge in [0.05, 0.1) is 21.3 Å². The lowest BCUT2D eigenvalue weighted by Gasteiger charge is -2.15. The van der Waals surface area contributed by atoms with E-state index in [2.05, 4.69) is 10.3 Å². The Morgan fingerprint density at radius 3 is 2.80 bits per heavy atom. The van der Waals surface area contributed by atoms with Crippen molar-refractivity contribution in [1.29, 1.82) is 0 Å². The SMILES string of the molecule is CC(NC(=O)CCCc1nc2ccccc2s1)c1ccc(F)cc1F. The van der Waals surface area contributed by atoms with Crippen LogP contribution in [0.1, 0.15) is 36.4 Å². The lowest BCUT2D eigenvalue weighted by Crippen LogP contribution is -2.27. The minimum absolute atomic E-state index is 0.155. The summed E-state index contributed by atoms with van der Waals surface area (Å²) in [5.74, 6) is -1.43. The zero-order valence-corrected chi connectivity index (χ0v) is 14.6. The summed E-state index contributed by atoms with van der Waals surface area (Å²) in [6.45, 7) is 1.68. The number of nitrogens with zero attached hydrogens (tertiary/aromatic N) is 1. The summed E-state index contributed by atoms with van der Waals surface area (Å²) >= 11 is 1.64. The number of aromatic nitrogens is 1. The minimum Gasteiger partial charge on any atom is -0.349 e. The van der Waals surface area contributed by atoms with Crippen molar-refractivity contribution < 1.29 is 13.6 Å². The second kappa shape index (κ2) is 7.70. The highest BCUT2D eigenvalue weighted by Crippen LogP contribution is 2.23. The average Bonchev–Trinajstić information content (AvgIpc) is 2.97. The largest absolute Gasteiger partial charge is 0.349 e. The van der Waals surface area contributed by atoms with Crippen LogP contribution in [0.3, 0.4) is 0 Å². The van der Waals surface area contributed by atoms with Crippen molar-refractivity contribution in [3.05, 3.63) is 64.7 Å². The molecule has 2 aromatic carbocycles. The molecule has 0 bridgehead atoms. The summed E-state index contributed by atoms with van der Waals surface area (Å²) in [6, 6.07) is 10.8. The first kappa shape index (κ1) is 17.5. The van der Waals surface area contributed by atoms with Gasteiger partial charge in [-0.15, -0.1) is 11.3 Å². The molecule has 1 amide bonds. The monoisotopic (exact) mass is 360 g/mol. The van der Waals surface area contributed by atoms with Crippen LogP contribution in [0, 0.1) is 11.6 Å². The first-order valence-corrected chi connectivity index (χ1v) is 8.93. The van der Waals surface area contributed by atoms with Gasteiger partial charge in [-0.3, -0.25) is 4.79 Å². The van der Waals surface area contributed by atoms with Crippen molar-refractivity contribution in [3.8, 4) is 0 Å². The maximum absolute atomic E-state index is 13.7. The number of hydrogen-bond acceptors (Lipinski definition) is 3. The number of thiazole rings is 1. The Morgan fingerprint density at radius 1 is 1.24 bits per heavy atom. The van der Waals surface area contributed by atoms with E-state index in [4.69, 9.17) is 0 Å². The average molecular weight is 360 g/mol. The van der Waals surface area contributed by atoms with Gasteiger partial charge in [0, 0.05) is 18.1 Å². The number of rotatable bonds is 6. The van der Waals surface area contributed by atoms with Crippen molar-refractivity contribution in [2.75, 3.05) is 0 Å². The molecule has 1 N–H and O–H groups in total. The van der Waals surface area contributed by atoms with Crippen LogP contribution in [0.5, 0.6) is 0 Å². The van der Waals surface area contributed by atoms with Gasteiger partial charge < -0.3 is 5.32 Å². The molecule has 0 aliphatic rings. The van der Waals surface area contributed by atoms with Gasteiger partial charge >= 0.3 is 0 Å². The van der Waals surface area contributed by atoms with Gasteiger partial charge in [0.2, 0.25) is 5.91 Å². The fourth-order valence-corrected chi connectivity index (χ4v) is 3.68. The molecule has 0 aliphatic carbocycles. The van der Waals surface area contributed by atoms with Gasteiger partial charge in [0.25, 0.3) is 0 Å². The number of aryl methyl sites for hydroxylation is 1. The molecule has 0 radical (unpaired) electrons. The minimum atomic E-state index is -0.651. The molecule has 6 heteroatoms. The number of nitrogens with one attached hydrogen (secondary N) is 1. The van der Waals surface area contributed by atoms with E-state index in [1.54, 1.807) is 18.3 Å². The van der Waals surface area contributed by atoms with Gasteiger partial charge in [-0.2, -0.15) is 0 Å². The Hall–Kier alpha value is -2.34. The molecule has 0 fully saturated rings. The van der Waals surface area contributed by atoms with Crippen molar-refractivity contribution >= 4 is 27.5 Å². The molecule has 1 aromatic heterocycles. The molecule has 3 nitrogen and oxygen atoms in total. The summed E-state index contributed by atoms with van der Waals surface area (Å²) in [6.07, 6.45) is 1.74. The molecule has 1 heterocycles. The van der Waals surface area contributed by atoms with Gasteiger partial charge in [-0.1, -0.05) is 18.2 Å². The van der Waals surface area contributed by atoms with Gasteiger partial charge in [-0.25, -0.2) is 13.8 Å². The number of fused-ring (bicyclic) bond motifs is 1. The summed E-state index contributed by atoms with van der Waals surface area (Å²) in [7, 11) is 0. The molecule has 0 saturated heterocycles. The third-order valence-electron chi connectivity index (χ3n) is 3.94. The van der Waals surface area contributed by atoms with E-state index < -0.39 is 17.7 Å². The molecule has 1 atom stereocenters. The molecular weight excluding hydrogens is 342 g/mol. The predicted octanol–water partition coefficient (Wildman–Crippen LogP) is 4.77. The van der Waals surface area contributed by atoms with E-state index in [0.717, 1.165) is 27.7 Å². The standard InChI is InChI=1S/C19H18F2N2OS/c1-12(14-10-9-13(20)11-15(14)21)22-18(24)7-4-8-19-23-16-5-2-3-6-17(16)25-19/h2-3,5-6,9-12H,4,7-8H2,1H3,(H,22,24). The Morgan fingerprint density at radius 2 is 2.04 bits per heavy atom. The normalized spacial score (nSPS) is 12.3. The van der Waals surface area contributed by atoms with Crippen LogP contribution in [0.2, 0.25) is 0 Å². The molecule has 0 saturated carbocycles. The summed E-state index contributed by atoms with van der Waals surface area (Å²) < 4.78 is 27.8. The number of para-hydroxylation sites is 1. The molecule has 130 valence electrons. The van der Waals surface area contributed by atoms with Crippen LogP contribution in [0.25, 0.3) is 10.2 Å². The van der Waals surface area contributed by atoms with Crippen molar-refractivity contribution in [1.82, 2.24) is 10.3 Å². The first-order chi connectivity index (χ1) is 12.0.